The van der Waals surface area contributed by atoms with Crippen molar-refractivity contribution in [1.82, 2.24) is 4.90 Å². The fraction of sp³-hybridized carbons (Fsp3) is 0.625. The molecule has 0 saturated carbocycles. The van der Waals surface area contributed by atoms with Crippen molar-refractivity contribution in [1.29, 1.82) is 0 Å². The second kappa shape index (κ2) is 6.90. The molecule has 1 heterocycles. The third-order valence-corrected chi connectivity index (χ3v) is 4.16. The normalized spacial score (nSPS) is 17.9. The highest BCUT2D eigenvalue weighted by Gasteiger charge is 2.20. The Bertz CT molecular complexity index is 384. The van der Waals surface area contributed by atoms with Crippen LogP contribution in [0.1, 0.15) is 26.7 Å². The molecule has 1 aromatic carbocycles. The summed E-state index contributed by atoms with van der Waals surface area (Å²) in [7, 11) is 0. The summed E-state index contributed by atoms with van der Waals surface area (Å²) < 4.78 is 13.0. The van der Waals surface area contributed by atoms with Crippen molar-refractivity contribution in [2.75, 3.05) is 31.5 Å². The van der Waals surface area contributed by atoms with E-state index in [0.717, 1.165) is 30.6 Å². The lowest BCUT2D eigenvalue weighted by atomic mass is 9.87. The Balaban J connectivity index is 1.67. The number of benzene rings is 1. The highest BCUT2D eigenvalue weighted by molar-refractivity contribution is 5.42. The summed E-state index contributed by atoms with van der Waals surface area (Å²) in [6.45, 7) is 8.98. The third kappa shape index (κ3) is 4.50. The van der Waals surface area contributed by atoms with Gasteiger partial charge in [0.2, 0.25) is 0 Å². The minimum Gasteiger partial charge on any atom is -0.384 e. The Morgan fingerprint density at radius 1 is 1.32 bits per heavy atom. The number of nitrogens with one attached hydrogen (secondary N) is 1. The molecule has 0 bridgehead atoms. The predicted molar refractivity (Wildman–Crippen MR) is 78.9 cm³/mol. The van der Waals surface area contributed by atoms with Crippen LogP contribution in [-0.4, -0.2) is 31.1 Å². The maximum absolute atomic E-state index is 13.0. The molecule has 0 unspecified atom stereocenters. The summed E-state index contributed by atoms with van der Waals surface area (Å²) >= 11 is 0. The zero-order valence-electron chi connectivity index (χ0n) is 12.0. The molecule has 0 atom stereocenters. The lowest BCUT2D eigenvalue weighted by Crippen LogP contribution is -2.37. The minimum absolute atomic E-state index is 0.178. The van der Waals surface area contributed by atoms with E-state index in [9.17, 15) is 4.39 Å². The first-order valence-electron chi connectivity index (χ1n) is 7.37. The molecule has 0 spiro atoms. The van der Waals surface area contributed by atoms with Crippen LogP contribution in [0, 0.1) is 17.7 Å². The fourth-order valence-corrected chi connectivity index (χ4v) is 2.80. The number of rotatable bonds is 5. The van der Waals surface area contributed by atoms with Gasteiger partial charge >= 0.3 is 0 Å². The largest absolute Gasteiger partial charge is 0.384 e. The van der Waals surface area contributed by atoms with Gasteiger partial charge in [-0.25, -0.2) is 4.39 Å². The highest BCUT2D eigenvalue weighted by Crippen LogP contribution is 2.24. The molecule has 106 valence electrons. The van der Waals surface area contributed by atoms with Crippen molar-refractivity contribution in [2.45, 2.75) is 26.7 Å². The Hall–Kier alpha value is -1.09. The zero-order chi connectivity index (χ0) is 13.7. The van der Waals surface area contributed by atoms with Crippen LogP contribution >= 0.6 is 0 Å². The van der Waals surface area contributed by atoms with Gasteiger partial charge in [0.15, 0.2) is 0 Å². The molecule has 1 aliphatic rings. The lowest BCUT2D eigenvalue weighted by molar-refractivity contribution is 0.162. The van der Waals surface area contributed by atoms with E-state index in [1.807, 2.05) is 6.07 Å². The van der Waals surface area contributed by atoms with E-state index in [0.29, 0.717) is 0 Å². The Labute approximate surface area is 116 Å². The average Bonchev–Trinajstić information content (AvgIpc) is 2.39. The monoisotopic (exact) mass is 264 g/mol. The van der Waals surface area contributed by atoms with Crippen LogP contribution in [0.4, 0.5) is 10.1 Å². The van der Waals surface area contributed by atoms with E-state index in [4.69, 9.17) is 0 Å². The molecular formula is C16H25FN2. The molecule has 0 aliphatic carbocycles. The number of hydrogen-bond donors (Lipinski definition) is 1. The molecule has 1 N–H and O–H groups in total. The van der Waals surface area contributed by atoms with Gasteiger partial charge in [-0.2, -0.15) is 0 Å². The van der Waals surface area contributed by atoms with Crippen LogP contribution in [0.3, 0.4) is 0 Å². The summed E-state index contributed by atoms with van der Waals surface area (Å²) in [5.41, 5.74) is 0.872. The van der Waals surface area contributed by atoms with Crippen molar-refractivity contribution < 1.29 is 4.39 Å². The van der Waals surface area contributed by atoms with Gasteiger partial charge in [0.05, 0.1) is 0 Å². The van der Waals surface area contributed by atoms with Crippen molar-refractivity contribution in [3.63, 3.8) is 0 Å². The first-order chi connectivity index (χ1) is 9.15. The van der Waals surface area contributed by atoms with E-state index in [1.54, 1.807) is 12.1 Å². The number of nitrogens with zero attached hydrogens (tertiary/aromatic N) is 1. The van der Waals surface area contributed by atoms with Crippen molar-refractivity contribution in [2.24, 2.45) is 11.8 Å². The fourth-order valence-electron chi connectivity index (χ4n) is 2.80. The molecule has 2 rings (SSSR count). The summed E-state index contributed by atoms with van der Waals surface area (Å²) in [4.78, 5) is 2.51. The average molecular weight is 264 g/mol. The number of likely N-dealkylation sites (tertiary alicyclic amines) is 1. The maximum atomic E-state index is 13.0. The highest BCUT2D eigenvalue weighted by atomic mass is 19.1. The standard InChI is InChI=1S/C16H25FN2/c1-13(2)14-6-9-19(10-7-14)11-8-18-16-5-3-4-15(17)12-16/h3-5,12-14,18H,6-11H2,1-2H3. The second-order valence-corrected chi connectivity index (χ2v) is 5.86. The van der Waals surface area contributed by atoms with Crippen molar-refractivity contribution in [3.05, 3.63) is 30.1 Å². The van der Waals surface area contributed by atoms with Crippen LogP contribution in [0.5, 0.6) is 0 Å². The van der Waals surface area contributed by atoms with Crippen molar-refractivity contribution in [3.8, 4) is 0 Å². The first-order valence-corrected chi connectivity index (χ1v) is 7.37. The summed E-state index contributed by atoms with van der Waals surface area (Å²) in [5.74, 6) is 1.53. The van der Waals surface area contributed by atoms with Crippen molar-refractivity contribution >= 4 is 5.69 Å². The van der Waals surface area contributed by atoms with Crippen LogP contribution in [0.2, 0.25) is 0 Å². The minimum atomic E-state index is -0.178. The Morgan fingerprint density at radius 2 is 2.05 bits per heavy atom. The molecule has 0 aromatic heterocycles. The summed E-state index contributed by atoms with van der Waals surface area (Å²) in [5, 5.41) is 3.29. The topological polar surface area (TPSA) is 15.3 Å². The van der Waals surface area contributed by atoms with Gasteiger partial charge in [0.1, 0.15) is 5.82 Å². The van der Waals surface area contributed by atoms with E-state index >= 15 is 0 Å². The molecule has 1 fully saturated rings. The molecule has 3 heteroatoms. The SMILES string of the molecule is CC(C)C1CCN(CCNc2cccc(F)c2)CC1. The van der Waals surface area contributed by atoms with E-state index in [-0.39, 0.29) is 5.82 Å². The van der Waals surface area contributed by atoms with E-state index in [1.165, 1.54) is 32.0 Å². The number of anilines is 1. The van der Waals surface area contributed by atoms with Gasteiger partial charge in [-0.15, -0.1) is 0 Å². The van der Waals surface area contributed by atoms with Gasteiger partial charge in [0, 0.05) is 18.8 Å². The molecule has 1 saturated heterocycles. The van der Waals surface area contributed by atoms with E-state index < -0.39 is 0 Å². The molecule has 2 nitrogen and oxygen atoms in total. The third-order valence-electron chi connectivity index (χ3n) is 4.16. The van der Waals surface area contributed by atoms with Gasteiger partial charge in [-0.05, 0) is 56.0 Å². The Kier molecular flexibility index (Phi) is 5.20. The molecule has 0 radical (unpaired) electrons. The molecule has 19 heavy (non-hydrogen) atoms. The quantitative estimate of drug-likeness (QED) is 0.874. The molecule has 1 aliphatic heterocycles. The number of piperidine rings is 1. The molecule has 1 aromatic rings. The van der Waals surface area contributed by atoms with Crippen LogP contribution in [-0.2, 0) is 0 Å². The number of hydrogen-bond acceptors (Lipinski definition) is 2. The van der Waals surface area contributed by atoms with Crippen LogP contribution in [0.25, 0.3) is 0 Å². The van der Waals surface area contributed by atoms with Gasteiger partial charge in [-0.3, -0.25) is 0 Å². The van der Waals surface area contributed by atoms with Gasteiger partial charge in [0.25, 0.3) is 0 Å². The maximum Gasteiger partial charge on any atom is 0.125 e. The molecular weight excluding hydrogens is 239 g/mol. The zero-order valence-corrected chi connectivity index (χ0v) is 12.0. The van der Waals surface area contributed by atoms with Crippen LogP contribution in [0.15, 0.2) is 24.3 Å². The first kappa shape index (κ1) is 14.3. The summed E-state index contributed by atoms with van der Waals surface area (Å²) in [6, 6.07) is 6.67. The predicted octanol–water partition coefficient (Wildman–Crippen LogP) is 3.61. The lowest BCUT2D eigenvalue weighted by Gasteiger charge is -2.33. The molecule has 0 amide bonds. The smallest absolute Gasteiger partial charge is 0.125 e. The number of halogens is 1. The Morgan fingerprint density at radius 3 is 2.68 bits per heavy atom. The van der Waals surface area contributed by atoms with Gasteiger partial charge in [-0.1, -0.05) is 19.9 Å². The van der Waals surface area contributed by atoms with Crippen LogP contribution < -0.4 is 5.32 Å². The van der Waals surface area contributed by atoms with Gasteiger partial charge < -0.3 is 10.2 Å². The summed E-state index contributed by atoms with van der Waals surface area (Å²) in [6.07, 6.45) is 2.63. The second-order valence-electron chi connectivity index (χ2n) is 5.86. The van der Waals surface area contributed by atoms with E-state index in [2.05, 4.69) is 24.1 Å².